The van der Waals surface area contributed by atoms with E-state index in [4.69, 9.17) is 4.42 Å². The number of nitrogens with zero attached hydrogens (tertiary/aromatic N) is 1. The summed E-state index contributed by atoms with van der Waals surface area (Å²) in [6.07, 6.45) is 2.17. The van der Waals surface area contributed by atoms with Gasteiger partial charge in [-0.05, 0) is 50.6 Å². The molecule has 1 aliphatic rings. The van der Waals surface area contributed by atoms with E-state index in [-0.39, 0.29) is 24.8 Å². The Morgan fingerprint density at radius 3 is 2.58 bits per heavy atom. The molecule has 1 aromatic carbocycles. The van der Waals surface area contributed by atoms with Crippen molar-refractivity contribution in [1.29, 1.82) is 0 Å². The van der Waals surface area contributed by atoms with Gasteiger partial charge in [-0.15, -0.1) is 24.8 Å². The van der Waals surface area contributed by atoms with Gasteiger partial charge in [-0.3, -0.25) is 4.90 Å². The Morgan fingerprint density at radius 2 is 1.92 bits per heavy atom. The quantitative estimate of drug-likeness (QED) is 0.721. The van der Waals surface area contributed by atoms with Crippen LogP contribution in [0.5, 0.6) is 0 Å². The van der Waals surface area contributed by atoms with Crippen LogP contribution in [0.3, 0.4) is 0 Å². The normalized spacial score (nSPS) is 18.2. The Labute approximate surface area is 168 Å². The van der Waals surface area contributed by atoms with Crippen LogP contribution in [-0.2, 0) is 6.54 Å². The van der Waals surface area contributed by atoms with Crippen molar-refractivity contribution in [2.24, 2.45) is 0 Å². The first-order valence-corrected chi connectivity index (χ1v) is 8.99. The lowest BCUT2D eigenvalue weighted by atomic mass is 10.1. The van der Waals surface area contributed by atoms with Gasteiger partial charge in [-0.25, -0.2) is 0 Å². The summed E-state index contributed by atoms with van der Waals surface area (Å²) in [5, 5.41) is 13.1. The number of hydrogen-bond donors (Lipinski definition) is 2. The van der Waals surface area contributed by atoms with Gasteiger partial charge in [0.05, 0.1) is 12.6 Å². The van der Waals surface area contributed by atoms with Crippen LogP contribution in [0, 0.1) is 0 Å². The number of aliphatic hydroxyl groups is 1. The fraction of sp³-hybridized carbons (Fsp3) is 0.500. The fourth-order valence-electron chi connectivity index (χ4n) is 3.46. The van der Waals surface area contributed by atoms with Gasteiger partial charge in [0, 0.05) is 18.2 Å². The second-order valence-electron chi connectivity index (χ2n) is 6.62. The first-order valence-electron chi connectivity index (χ1n) is 8.99. The van der Waals surface area contributed by atoms with Crippen LogP contribution < -0.4 is 5.32 Å². The van der Waals surface area contributed by atoms with E-state index in [0.717, 1.165) is 42.3 Å². The van der Waals surface area contributed by atoms with E-state index in [9.17, 15) is 5.11 Å². The largest absolute Gasteiger partial charge is 0.460 e. The number of aliphatic hydroxyl groups excluding tert-OH is 1. The number of benzene rings is 1. The van der Waals surface area contributed by atoms with Crippen molar-refractivity contribution in [3.05, 3.63) is 47.7 Å². The van der Waals surface area contributed by atoms with Gasteiger partial charge in [0.25, 0.3) is 0 Å². The fourth-order valence-corrected chi connectivity index (χ4v) is 3.46. The summed E-state index contributed by atoms with van der Waals surface area (Å²) >= 11 is 0. The molecule has 2 aromatic rings. The summed E-state index contributed by atoms with van der Waals surface area (Å²) in [4.78, 5) is 2.55. The number of likely N-dealkylation sites (N-methyl/N-ethyl adjacent to an activating group) is 1. The standard InChI is InChI=1S/C20H28N2O2.2ClH/c1-3-22-12-4-5-18(22)13-21-14-19-10-11-20(24-19)17-8-6-16(7-9-17)15(2)23;;/h6-11,15,18,21,23H,3-5,12-14H2,1-2H3;2*1H. The number of rotatable bonds is 7. The molecule has 0 amide bonds. The third kappa shape index (κ3) is 5.73. The summed E-state index contributed by atoms with van der Waals surface area (Å²) < 4.78 is 5.95. The van der Waals surface area contributed by atoms with Crippen LogP contribution in [0.15, 0.2) is 40.8 Å². The van der Waals surface area contributed by atoms with E-state index in [1.807, 2.05) is 36.4 Å². The van der Waals surface area contributed by atoms with Crippen LogP contribution in [0.4, 0.5) is 0 Å². The molecule has 1 saturated heterocycles. The van der Waals surface area contributed by atoms with Crippen molar-refractivity contribution >= 4 is 24.8 Å². The molecule has 0 bridgehead atoms. The molecule has 0 spiro atoms. The molecule has 1 fully saturated rings. The molecule has 0 radical (unpaired) electrons. The highest BCUT2D eigenvalue weighted by Gasteiger charge is 2.22. The van der Waals surface area contributed by atoms with Gasteiger partial charge in [0.15, 0.2) is 0 Å². The number of nitrogens with one attached hydrogen (secondary N) is 1. The van der Waals surface area contributed by atoms with Gasteiger partial charge < -0.3 is 14.8 Å². The minimum absolute atomic E-state index is 0. The maximum absolute atomic E-state index is 9.58. The van der Waals surface area contributed by atoms with Crippen molar-refractivity contribution in [1.82, 2.24) is 10.2 Å². The molecule has 2 unspecified atom stereocenters. The number of furan rings is 1. The maximum atomic E-state index is 9.58. The smallest absolute Gasteiger partial charge is 0.134 e. The SMILES string of the molecule is CCN1CCCC1CNCc1ccc(-c2ccc(C(C)O)cc2)o1.Cl.Cl. The minimum Gasteiger partial charge on any atom is -0.460 e. The van der Waals surface area contributed by atoms with Crippen LogP contribution in [-0.4, -0.2) is 35.7 Å². The van der Waals surface area contributed by atoms with Gasteiger partial charge >= 0.3 is 0 Å². The molecule has 1 aliphatic heterocycles. The Balaban J connectivity index is 0.00000169. The molecule has 0 saturated carbocycles. The average Bonchev–Trinajstić information content (AvgIpc) is 3.24. The Hall–Kier alpha value is -1.04. The van der Waals surface area contributed by atoms with Crippen molar-refractivity contribution in [3.63, 3.8) is 0 Å². The van der Waals surface area contributed by atoms with Gasteiger partial charge in [0.1, 0.15) is 11.5 Å². The molecule has 2 heterocycles. The highest BCUT2D eigenvalue weighted by Crippen LogP contribution is 2.24. The second kappa shape index (κ2) is 11.0. The molecule has 26 heavy (non-hydrogen) atoms. The van der Waals surface area contributed by atoms with Crippen LogP contribution in [0.1, 0.15) is 44.1 Å². The number of likely N-dealkylation sites (tertiary alicyclic amines) is 1. The Morgan fingerprint density at radius 1 is 1.19 bits per heavy atom. The third-order valence-corrected chi connectivity index (χ3v) is 4.92. The Bertz CT molecular complexity index is 644. The molecule has 0 aliphatic carbocycles. The van der Waals surface area contributed by atoms with E-state index >= 15 is 0 Å². The molecule has 3 rings (SSSR count). The highest BCUT2D eigenvalue weighted by atomic mass is 35.5. The highest BCUT2D eigenvalue weighted by molar-refractivity contribution is 5.85. The van der Waals surface area contributed by atoms with Crippen molar-refractivity contribution in [3.8, 4) is 11.3 Å². The maximum Gasteiger partial charge on any atom is 0.134 e. The first kappa shape index (κ1) is 23.0. The molecule has 2 N–H and O–H groups in total. The van der Waals surface area contributed by atoms with Gasteiger partial charge in [-0.1, -0.05) is 31.2 Å². The van der Waals surface area contributed by atoms with Crippen molar-refractivity contribution < 1.29 is 9.52 Å². The molecule has 6 heteroatoms. The summed E-state index contributed by atoms with van der Waals surface area (Å²) in [6, 6.07) is 12.6. The molecular weight excluding hydrogens is 371 g/mol. The zero-order valence-corrected chi connectivity index (χ0v) is 17.1. The second-order valence-corrected chi connectivity index (χ2v) is 6.62. The predicted octanol–water partition coefficient (Wildman–Crippen LogP) is 4.42. The molecular formula is C20H30Cl2N2O2. The van der Waals surface area contributed by atoms with Crippen LogP contribution in [0.25, 0.3) is 11.3 Å². The summed E-state index contributed by atoms with van der Waals surface area (Å²) in [7, 11) is 0. The number of hydrogen-bond acceptors (Lipinski definition) is 4. The average molecular weight is 401 g/mol. The van der Waals surface area contributed by atoms with Gasteiger partial charge in [0.2, 0.25) is 0 Å². The van der Waals surface area contributed by atoms with E-state index in [2.05, 4.69) is 17.1 Å². The van der Waals surface area contributed by atoms with E-state index in [1.165, 1.54) is 19.4 Å². The molecule has 2 atom stereocenters. The molecule has 146 valence electrons. The van der Waals surface area contributed by atoms with Crippen LogP contribution in [0.2, 0.25) is 0 Å². The van der Waals surface area contributed by atoms with E-state index < -0.39 is 6.10 Å². The molecule has 4 nitrogen and oxygen atoms in total. The lowest BCUT2D eigenvalue weighted by molar-refractivity contribution is 0.199. The lowest BCUT2D eigenvalue weighted by Gasteiger charge is -2.22. The van der Waals surface area contributed by atoms with Crippen molar-refractivity contribution in [2.75, 3.05) is 19.6 Å². The lowest BCUT2D eigenvalue weighted by Crippen LogP contribution is -2.37. The van der Waals surface area contributed by atoms with Crippen molar-refractivity contribution in [2.45, 2.75) is 45.4 Å². The summed E-state index contributed by atoms with van der Waals surface area (Å²) in [5.41, 5.74) is 1.96. The monoisotopic (exact) mass is 400 g/mol. The molecule has 1 aromatic heterocycles. The zero-order valence-electron chi connectivity index (χ0n) is 15.5. The number of halogens is 2. The summed E-state index contributed by atoms with van der Waals surface area (Å²) in [5.74, 6) is 1.84. The van der Waals surface area contributed by atoms with E-state index in [0.29, 0.717) is 6.04 Å². The first-order chi connectivity index (χ1) is 11.7. The van der Waals surface area contributed by atoms with E-state index in [1.54, 1.807) is 6.92 Å². The zero-order chi connectivity index (χ0) is 16.9. The predicted molar refractivity (Wildman–Crippen MR) is 111 cm³/mol. The minimum atomic E-state index is -0.436. The Kier molecular flexibility index (Phi) is 9.69. The van der Waals surface area contributed by atoms with Crippen LogP contribution >= 0.6 is 24.8 Å². The third-order valence-electron chi connectivity index (χ3n) is 4.92. The summed E-state index contributed by atoms with van der Waals surface area (Å²) in [6.45, 7) is 8.16. The topological polar surface area (TPSA) is 48.6 Å². The van der Waals surface area contributed by atoms with Gasteiger partial charge in [-0.2, -0.15) is 0 Å².